The number of hydrogen-bond donors (Lipinski definition) is 0. The number of esters is 2. The summed E-state index contributed by atoms with van der Waals surface area (Å²) in [7, 11) is 2.64. The minimum atomic E-state index is -0.457. The van der Waals surface area contributed by atoms with E-state index >= 15 is 0 Å². The van der Waals surface area contributed by atoms with Crippen molar-refractivity contribution in [1.29, 1.82) is 0 Å². The van der Waals surface area contributed by atoms with E-state index in [9.17, 15) is 9.59 Å². The fourth-order valence-electron chi connectivity index (χ4n) is 1.52. The van der Waals surface area contributed by atoms with E-state index in [-0.39, 0.29) is 12.4 Å². The predicted molar refractivity (Wildman–Crippen MR) is 68.4 cm³/mol. The van der Waals surface area contributed by atoms with Crippen molar-refractivity contribution < 1.29 is 19.1 Å². The van der Waals surface area contributed by atoms with Crippen LogP contribution in [0.4, 0.5) is 0 Å². The Labute approximate surface area is 114 Å². The van der Waals surface area contributed by atoms with Crippen molar-refractivity contribution in [1.82, 2.24) is 4.98 Å². The Balaban J connectivity index is 3.07. The lowest BCUT2D eigenvalue weighted by Gasteiger charge is -2.10. The first-order valence-electron chi connectivity index (χ1n) is 5.30. The van der Waals surface area contributed by atoms with Crippen molar-refractivity contribution in [2.75, 3.05) is 14.2 Å². The topological polar surface area (TPSA) is 65.5 Å². The number of hydrogen-bond acceptors (Lipinski definition) is 5. The van der Waals surface area contributed by atoms with Gasteiger partial charge in [-0.05, 0) is 28.4 Å². The maximum Gasteiger partial charge on any atom is 0.340 e. The Morgan fingerprint density at radius 1 is 1.33 bits per heavy atom. The fraction of sp³-hybridized carbons (Fsp3) is 0.417. The van der Waals surface area contributed by atoms with E-state index in [1.165, 1.54) is 14.2 Å². The molecule has 98 valence electrons. The van der Waals surface area contributed by atoms with Crippen LogP contribution in [0, 0.1) is 6.92 Å². The van der Waals surface area contributed by atoms with Gasteiger partial charge in [0.1, 0.15) is 0 Å². The van der Waals surface area contributed by atoms with E-state index in [1.54, 1.807) is 13.1 Å². The van der Waals surface area contributed by atoms with Crippen molar-refractivity contribution in [3.8, 4) is 0 Å². The Morgan fingerprint density at radius 3 is 2.56 bits per heavy atom. The molecule has 0 radical (unpaired) electrons. The fourth-order valence-corrected chi connectivity index (χ4v) is 1.82. The number of ether oxygens (including phenoxy) is 2. The Kier molecular flexibility index (Phi) is 5.27. The number of aromatic nitrogens is 1. The lowest BCUT2D eigenvalue weighted by Crippen LogP contribution is -2.12. The van der Waals surface area contributed by atoms with Gasteiger partial charge in [-0.2, -0.15) is 0 Å². The highest BCUT2D eigenvalue weighted by atomic mass is 79.9. The average Bonchev–Trinajstić information content (AvgIpc) is 2.38. The molecule has 1 rings (SSSR count). The van der Waals surface area contributed by atoms with Gasteiger partial charge in [-0.15, -0.1) is 0 Å². The molecule has 6 heteroatoms. The molecule has 0 aliphatic heterocycles. The molecular formula is C12H14BrNO4. The van der Waals surface area contributed by atoms with Crippen LogP contribution in [0.2, 0.25) is 0 Å². The summed E-state index contributed by atoms with van der Waals surface area (Å²) in [5.74, 6) is -0.797. The van der Waals surface area contributed by atoms with Gasteiger partial charge in [0.05, 0.1) is 31.9 Å². The second-order valence-corrected chi connectivity index (χ2v) is 4.47. The summed E-state index contributed by atoms with van der Waals surface area (Å²) >= 11 is 3.31. The highest BCUT2D eigenvalue weighted by molar-refractivity contribution is 9.10. The van der Waals surface area contributed by atoms with E-state index in [0.717, 1.165) is 10.0 Å². The van der Waals surface area contributed by atoms with Crippen molar-refractivity contribution in [2.24, 2.45) is 0 Å². The molecule has 18 heavy (non-hydrogen) atoms. The summed E-state index contributed by atoms with van der Waals surface area (Å²) in [6.07, 6.45) is 2.12. The third-order valence-corrected chi connectivity index (χ3v) is 3.34. The molecular weight excluding hydrogens is 302 g/mol. The standard InChI is InChI=1S/C12H14BrNO4/c1-7-8(13)6-14-9(4-5-10(15)17-2)11(7)12(16)18-3/h6H,4-5H2,1-3H3. The summed E-state index contributed by atoms with van der Waals surface area (Å²) in [6.45, 7) is 1.79. The number of pyridine rings is 1. The average molecular weight is 316 g/mol. The Hall–Kier alpha value is -1.43. The molecule has 0 amide bonds. The van der Waals surface area contributed by atoms with E-state index in [1.807, 2.05) is 0 Å². The van der Waals surface area contributed by atoms with E-state index in [4.69, 9.17) is 4.74 Å². The summed E-state index contributed by atoms with van der Waals surface area (Å²) < 4.78 is 10.0. The van der Waals surface area contributed by atoms with Gasteiger partial charge in [0.25, 0.3) is 0 Å². The summed E-state index contributed by atoms with van der Waals surface area (Å²) in [6, 6.07) is 0. The molecule has 0 fully saturated rings. The summed E-state index contributed by atoms with van der Waals surface area (Å²) in [4.78, 5) is 27.0. The van der Waals surface area contributed by atoms with Crippen LogP contribution in [0.5, 0.6) is 0 Å². The van der Waals surface area contributed by atoms with Gasteiger partial charge in [0.2, 0.25) is 0 Å². The molecule has 0 N–H and O–H groups in total. The highest BCUT2D eigenvalue weighted by Crippen LogP contribution is 2.22. The number of rotatable bonds is 4. The normalized spacial score (nSPS) is 10.0. The number of nitrogens with zero attached hydrogens (tertiary/aromatic N) is 1. The lowest BCUT2D eigenvalue weighted by atomic mass is 10.0. The minimum Gasteiger partial charge on any atom is -0.469 e. The van der Waals surface area contributed by atoms with Crippen LogP contribution >= 0.6 is 15.9 Å². The van der Waals surface area contributed by atoms with Crippen LogP contribution in [0.15, 0.2) is 10.7 Å². The van der Waals surface area contributed by atoms with E-state index < -0.39 is 5.97 Å². The molecule has 0 atom stereocenters. The van der Waals surface area contributed by atoms with Crippen LogP contribution in [0.25, 0.3) is 0 Å². The van der Waals surface area contributed by atoms with Gasteiger partial charge in [0.15, 0.2) is 0 Å². The minimum absolute atomic E-state index is 0.175. The van der Waals surface area contributed by atoms with E-state index in [0.29, 0.717) is 17.7 Å². The third-order valence-electron chi connectivity index (χ3n) is 2.54. The maximum absolute atomic E-state index is 11.7. The molecule has 0 aliphatic carbocycles. The first-order valence-corrected chi connectivity index (χ1v) is 6.09. The Morgan fingerprint density at radius 2 is 2.00 bits per heavy atom. The third kappa shape index (κ3) is 3.29. The Bertz CT molecular complexity index is 473. The van der Waals surface area contributed by atoms with Crippen LogP contribution in [0.3, 0.4) is 0 Å². The van der Waals surface area contributed by atoms with Crippen molar-refractivity contribution in [3.63, 3.8) is 0 Å². The summed E-state index contributed by atoms with van der Waals surface area (Å²) in [5, 5.41) is 0. The van der Waals surface area contributed by atoms with Crippen LogP contribution in [-0.2, 0) is 20.7 Å². The van der Waals surface area contributed by atoms with Gasteiger partial charge in [0, 0.05) is 17.1 Å². The molecule has 0 saturated carbocycles. The monoisotopic (exact) mass is 315 g/mol. The summed E-state index contributed by atoms with van der Waals surface area (Å²) in [5.41, 5.74) is 1.68. The first-order chi connectivity index (χ1) is 8.51. The molecule has 0 spiro atoms. The zero-order valence-corrected chi connectivity index (χ0v) is 12.0. The molecule has 1 aromatic rings. The highest BCUT2D eigenvalue weighted by Gasteiger charge is 2.19. The van der Waals surface area contributed by atoms with Crippen LogP contribution < -0.4 is 0 Å². The molecule has 0 bridgehead atoms. The number of carbonyl (C=O) groups excluding carboxylic acids is 2. The van der Waals surface area contributed by atoms with Gasteiger partial charge in [-0.25, -0.2) is 4.79 Å². The van der Waals surface area contributed by atoms with Gasteiger partial charge in [-0.1, -0.05) is 0 Å². The molecule has 1 aromatic heterocycles. The molecule has 0 aliphatic rings. The lowest BCUT2D eigenvalue weighted by molar-refractivity contribution is -0.140. The predicted octanol–water partition coefficient (Wildman–Crippen LogP) is 2.04. The number of aryl methyl sites for hydroxylation is 1. The largest absolute Gasteiger partial charge is 0.469 e. The molecule has 5 nitrogen and oxygen atoms in total. The zero-order valence-electron chi connectivity index (χ0n) is 10.4. The number of carbonyl (C=O) groups is 2. The second kappa shape index (κ2) is 6.49. The second-order valence-electron chi connectivity index (χ2n) is 3.62. The molecule has 0 saturated heterocycles. The smallest absolute Gasteiger partial charge is 0.340 e. The maximum atomic E-state index is 11.7. The van der Waals surface area contributed by atoms with Gasteiger partial charge >= 0.3 is 11.9 Å². The van der Waals surface area contributed by atoms with Crippen molar-refractivity contribution in [2.45, 2.75) is 19.8 Å². The van der Waals surface area contributed by atoms with Gasteiger partial charge < -0.3 is 9.47 Å². The zero-order chi connectivity index (χ0) is 13.7. The molecule has 0 unspecified atom stereocenters. The van der Waals surface area contributed by atoms with Crippen LogP contribution in [-0.4, -0.2) is 31.1 Å². The SMILES string of the molecule is COC(=O)CCc1ncc(Br)c(C)c1C(=O)OC. The molecule has 1 heterocycles. The van der Waals surface area contributed by atoms with Crippen molar-refractivity contribution >= 4 is 27.9 Å². The molecule has 0 aromatic carbocycles. The van der Waals surface area contributed by atoms with Gasteiger partial charge in [-0.3, -0.25) is 9.78 Å². The quantitative estimate of drug-likeness (QED) is 0.795. The van der Waals surface area contributed by atoms with Crippen LogP contribution in [0.1, 0.15) is 28.0 Å². The van der Waals surface area contributed by atoms with E-state index in [2.05, 4.69) is 25.7 Å². The number of methoxy groups -OCH3 is 2. The number of halogens is 1. The van der Waals surface area contributed by atoms with Crippen molar-refractivity contribution in [3.05, 3.63) is 27.5 Å². The first kappa shape index (κ1) is 14.6.